The van der Waals surface area contributed by atoms with Gasteiger partial charge < -0.3 is 5.32 Å². The summed E-state index contributed by atoms with van der Waals surface area (Å²) < 4.78 is 0. The molecular formula is C16H21NO. The van der Waals surface area contributed by atoms with Gasteiger partial charge in [-0.15, -0.1) is 6.42 Å². The molecule has 0 bridgehead atoms. The van der Waals surface area contributed by atoms with E-state index in [1.54, 1.807) is 13.8 Å². The average Bonchev–Trinajstić information content (AvgIpc) is 2.27. The van der Waals surface area contributed by atoms with Crippen molar-refractivity contribution in [3.05, 3.63) is 35.4 Å². The lowest BCUT2D eigenvalue weighted by Gasteiger charge is -2.21. The second kappa shape index (κ2) is 4.86. The maximum absolute atomic E-state index is 12.0. The lowest BCUT2D eigenvalue weighted by atomic mass is 9.86. The van der Waals surface area contributed by atoms with Gasteiger partial charge in [0.25, 0.3) is 5.91 Å². The number of hydrogen-bond acceptors (Lipinski definition) is 1. The predicted molar refractivity (Wildman–Crippen MR) is 75.5 cm³/mol. The van der Waals surface area contributed by atoms with Gasteiger partial charge in [-0.25, -0.2) is 0 Å². The number of rotatable bonds is 2. The van der Waals surface area contributed by atoms with Gasteiger partial charge in [0.2, 0.25) is 0 Å². The fourth-order valence-corrected chi connectivity index (χ4v) is 1.51. The molecule has 0 aliphatic heterocycles. The number of carbonyl (C=O) groups excluding carboxylic acids is 1. The molecule has 0 aliphatic rings. The molecule has 0 unspecified atom stereocenters. The first-order chi connectivity index (χ1) is 8.15. The van der Waals surface area contributed by atoms with Gasteiger partial charge in [-0.2, -0.15) is 0 Å². The summed E-state index contributed by atoms with van der Waals surface area (Å²) in [6, 6.07) is 7.64. The Kier molecular flexibility index (Phi) is 3.86. The molecule has 0 heterocycles. The molecule has 96 valence electrons. The third-order valence-corrected chi connectivity index (χ3v) is 2.80. The molecule has 18 heavy (non-hydrogen) atoms. The summed E-state index contributed by atoms with van der Waals surface area (Å²) in [5.74, 6) is 2.41. The Labute approximate surface area is 110 Å². The van der Waals surface area contributed by atoms with Gasteiger partial charge >= 0.3 is 0 Å². The van der Waals surface area contributed by atoms with E-state index in [0.717, 1.165) is 0 Å². The highest BCUT2D eigenvalue weighted by Gasteiger charge is 2.19. The van der Waals surface area contributed by atoms with Crippen LogP contribution in [0.15, 0.2) is 24.3 Å². The van der Waals surface area contributed by atoms with Crippen molar-refractivity contribution in [1.82, 2.24) is 5.32 Å². The second-order valence-corrected chi connectivity index (χ2v) is 6.05. The minimum atomic E-state index is -0.625. The van der Waals surface area contributed by atoms with Crippen molar-refractivity contribution in [1.29, 1.82) is 0 Å². The van der Waals surface area contributed by atoms with Crippen LogP contribution in [0.3, 0.4) is 0 Å². The molecule has 1 rings (SSSR count). The summed E-state index contributed by atoms with van der Waals surface area (Å²) in [5.41, 5.74) is 1.30. The second-order valence-electron chi connectivity index (χ2n) is 6.05. The molecule has 1 aromatic carbocycles. The van der Waals surface area contributed by atoms with E-state index >= 15 is 0 Å². The normalized spacial score (nSPS) is 11.8. The van der Waals surface area contributed by atoms with Crippen LogP contribution in [-0.4, -0.2) is 11.4 Å². The van der Waals surface area contributed by atoms with Gasteiger partial charge in [0.05, 0.1) is 5.54 Å². The monoisotopic (exact) mass is 243 g/mol. The standard InChI is InChI=1S/C16H21NO/c1-7-16(5,6)17-14(18)12-8-10-13(11-9-12)15(2,3)4/h1,8-11H,2-6H3,(H,17,18). The van der Waals surface area contributed by atoms with E-state index in [2.05, 4.69) is 32.0 Å². The maximum Gasteiger partial charge on any atom is 0.252 e. The third kappa shape index (κ3) is 3.63. The van der Waals surface area contributed by atoms with Crippen LogP contribution in [0.25, 0.3) is 0 Å². The van der Waals surface area contributed by atoms with E-state index in [1.807, 2.05) is 24.3 Å². The van der Waals surface area contributed by atoms with Crippen LogP contribution in [0.2, 0.25) is 0 Å². The van der Waals surface area contributed by atoms with Gasteiger partial charge in [0.15, 0.2) is 0 Å². The first-order valence-corrected chi connectivity index (χ1v) is 6.06. The Morgan fingerprint density at radius 3 is 2.00 bits per heavy atom. The molecule has 2 nitrogen and oxygen atoms in total. The molecule has 0 radical (unpaired) electrons. The molecule has 2 heteroatoms. The highest BCUT2D eigenvalue weighted by Crippen LogP contribution is 2.22. The summed E-state index contributed by atoms with van der Waals surface area (Å²) in [5, 5.41) is 2.81. The molecule has 0 saturated carbocycles. The first kappa shape index (κ1) is 14.3. The topological polar surface area (TPSA) is 29.1 Å². The number of carbonyl (C=O) groups is 1. The van der Waals surface area contributed by atoms with Gasteiger partial charge in [0.1, 0.15) is 0 Å². The lowest BCUT2D eigenvalue weighted by molar-refractivity contribution is 0.0930. The highest BCUT2D eigenvalue weighted by molar-refractivity contribution is 5.94. The van der Waals surface area contributed by atoms with E-state index < -0.39 is 5.54 Å². The largest absolute Gasteiger partial charge is 0.336 e. The van der Waals surface area contributed by atoms with Gasteiger partial charge in [0, 0.05) is 5.56 Å². The lowest BCUT2D eigenvalue weighted by Crippen LogP contribution is -2.42. The number of nitrogens with one attached hydrogen (secondary N) is 1. The quantitative estimate of drug-likeness (QED) is 0.794. The SMILES string of the molecule is C#CC(C)(C)NC(=O)c1ccc(C(C)(C)C)cc1. The fraction of sp³-hybridized carbons (Fsp3) is 0.438. The van der Waals surface area contributed by atoms with Crippen LogP contribution >= 0.6 is 0 Å². The molecule has 0 fully saturated rings. The minimum absolute atomic E-state index is 0.0904. The third-order valence-electron chi connectivity index (χ3n) is 2.80. The zero-order chi connectivity index (χ0) is 14.0. The number of terminal acetylenes is 1. The van der Waals surface area contributed by atoms with Crippen molar-refractivity contribution in [2.45, 2.75) is 45.6 Å². The van der Waals surface area contributed by atoms with Crippen molar-refractivity contribution in [2.24, 2.45) is 0 Å². The van der Waals surface area contributed by atoms with Gasteiger partial charge in [-0.05, 0) is 37.0 Å². The Balaban J connectivity index is 2.87. The average molecular weight is 243 g/mol. The van der Waals surface area contributed by atoms with Crippen molar-refractivity contribution < 1.29 is 4.79 Å². The van der Waals surface area contributed by atoms with E-state index in [1.165, 1.54) is 5.56 Å². The summed E-state index contributed by atoms with van der Waals surface area (Å²) >= 11 is 0. The van der Waals surface area contributed by atoms with E-state index in [0.29, 0.717) is 5.56 Å². The molecule has 0 aromatic heterocycles. The number of hydrogen-bond donors (Lipinski definition) is 1. The summed E-state index contributed by atoms with van der Waals surface area (Å²) in [6.07, 6.45) is 5.35. The Morgan fingerprint density at radius 2 is 1.61 bits per heavy atom. The molecule has 0 atom stereocenters. The van der Waals surface area contributed by atoms with E-state index in [-0.39, 0.29) is 11.3 Å². The first-order valence-electron chi connectivity index (χ1n) is 6.06. The van der Waals surface area contributed by atoms with Crippen molar-refractivity contribution >= 4 is 5.91 Å². The summed E-state index contributed by atoms with van der Waals surface area (Å²) in [7, 11) is 0. The van der Waals surface area contributed by atoms with Crippen LogP contribution < -0.4 is 5.32 Å². The van der Waals surface area contributed by atoms with E-state index in [9.17, 15) is 4.79 Å². The van der Waals surface area contributed by atoms with Crippen LogP contribution in [0.4, 0.5) is 0 Å². The molecule has 0 aliphatic carbocycles. The number of benzene rings is 1. The summed E-state index contributed by atoms with van der Waals surface area (Å²) in [4.78, 5) is 12.0. The molecule has 0 spiro atoms. The van der Waals surface area contributed by atoms with Crippen LogP contribution in [-0.2, 0) is 5.41 Å². The molecule has 1 aromatic rings. The van der Waals surface area contributed by atoms with Gasteiger partial charge in [-0.3, -0.25) is 4.79 Å². The molecule has 1 amide bonds. The Hall–Kier alpha value is -1.75. The smallest absolute Gasteiger partial charge is 0.252 e. The summed E-state index contributed by atoms with van der Waals surface area (Å²) in [6.45, 7) is 10.0. The minimum Gasteiger partial charge on any atom is -0.336 e. The number of amides is 1. The van der Waals surface area contributed by atoms with Crippen molar-refractivity contribution in [2.75, 3.05) is 0 Å². The van der Waals surface area contributed by atoms with Gasteiger partial charge in [-0.1, -0.05) is 38.8 Å². The Morgan fingerprint density at radius 1 is 1.11 bits per heavy atom. The molecule has 0 saturated heterocycles. The molecule has 1 N–H and O–H groups in total. The van der Waals surface area contributed by atoms with E-state index in [4.69, 9.17) is 6.42 Å². The van der Waals surface area contributed by atoms with Crippen molar-refractivity contribution in [3.8, 4) is 12.3 Å². The maximum atomic E-state index is 12.0. The molecular weight excluding hydrogens is 222 g/mol. The van der Waals surface area contributed by atoms with Crippen LogP contribution in [0.1, 0.15) is 50.5 Å². The zero-order valence-electron chi connectivity index (χ0n) is 11.8. The Bertz CT molecular complexity index is 469. The zero-order valence-corrected chi connectivity index (χ0v) is 11.8. The predicted octanol–water partition coefficient (Wildman–Crippen LogP) is 3.13. The van der Waals surface area contributed by atoms with Crippen LogP contribution in [0, 0.1) is 12.3 Å². The van der Waals surface area contributed by atoms with Crippen LogP contribution in [0.5, 0.6) is 0 Å². The highest BCUT2D eigenvalue weighted by atomic mass is 16.1. The van der Waals surface area contributed by atoms with Crippen molar-refractivity contribution in [3.63, 3.8) is 0 Å². The fourth-order valence-electron chi connectivity index (χ4n) is 1.51.